The lowest BCUT2D eigenvalue weighted by Crippen LogP contribution is -2.45. The van der Waals surface area contributed by atoms with Crippen LogP contribution in [0.1, 0.15) is 50.2 Å². The van der Waals surface area contributed by atoms with Crippen molar-refractivity contribution in [2.45, 2.75) is 58.2 Å². The number of ether oxygens (including phenoxy) is 1. The lowest BCUT2D eigenvalue weighted by atomic mass is 10.1. The number of nitrogens with one attached hydrogen (secondary N) is 2. The highest BCUT2D eigenvalue weighted by molar-refractivity contribution is 14.0. The van der Waals surface area contributed by atoms with Gasteiger partial charge in [0, 0.05) is 45.2 Å². The van der Waals surface area contributed by atoms with Crippen molar-refractivity contribution in [2.24, 2.45) is 10.9 Å². The number of hydrogen-bond acceptors (Lipinski definition) is 3. The van der Waals surface area contributed by atoms with Crippen LogP contribution in [0.3, 0.4) is 0 Å². The number of carbonyl (C=O) groups excluding carboxylic acids is 1. The van der Waals surface area contributed by atoms with Crippen molar-refractivity contribution in [3.63, 3.8) is 0 Å². The Kier molecular flexibility index (Phi) is 10.2. The molecule has 29 heavy (non-hydrogen) atoms. The molecule has 1 saturated carbocycles. The van der Waals surface area contributed by atoms with Crippen molar-refractivity contribution in [3.05, 3.63) is 35.4 Å². The summed E-state index contributed by atoms with van der Waals surface area (Å²) in [7, 11) is 1.79. The predicted molar refractivity (Wildman–Crippen MR) is 127 cm³/mol. The zero-order valence-electron chi connectivity index (χ0n) is 17.7. The summed E-state index contributed by atoms with van der Waals surface area (Å²) in [6.45, 7) is 5.66. The molecular formula is C22H35IN4O2. The fourth-order valence-electron chi connectivity index (χ4n) is 4.16. The van der Waals surface area contributed by atoms with Crippen LogP contribution in [0, 0.1) is 5.92 Å². The van der Waals surface area contributed by atoms with Crippen molar-refractivity contribution in [1.29, 1.82) is 0 Å². The van der Waals surface area contributed by atoms with Crippen molar-refractivity contribution >= 4 is 35.8 Å². The second-order valence-corrected chi connectivity index (χ2v) is 7.73. The summed E-state index contributed by atoms with van der Waals surface area (Å²) in [5.41, 5.74) is 2.41. The van der Waals surface area contributed by atoms with Gasteiger partial charge < -0.3 is 20.3 Å². The summed E-state index contributed by atoms with van der Waals surface area (Å²) in [4.78, 5) is 19.0. The van der Waals surface area contributed by atoms with Gasteiger partial charge in [-0.3, -0.25) is 9.79 Å². The van der Waals surface area contributed by atoms with Crippen LogP contribution >= 0.6 is 24.0 Å². The first-order valence-electron chi connectivity index (χ1n) is 10.6. The lowest BCUT2D eigenvalue weighted by Gasteiger charge is -2.21. The van der Waals surface area contributed by atoms with E-state index in [1.165, 1.54) is 24.0 Å². The minimum absolute atomic E-state index is 0. The summed E-state index contributed by atoms with van der Waals surface area (Å²) in [6.07, 6.45) is 5.51. The third kappa shape index (κ3) is 6.84. The number of amides is 1. The molecule has 1 amide bonds. The van der Waals surface area contributed by atoms with Crippen LogP contribution in [0.25, 0.3) is 0 Å². The van der Waals surface area contributed by atoms with E-state index in [1.54, 1.807) is 7.05 Å². The molecule has 2 aliphatic rings. The number of aliphatic imine (C=N–C) groups is 1. The first-order valence-corrected chi connectivity index (χ1v) is 10.6. The van der Waals surface area contributed by atoms with E-state index in [0.717, 1.165) is 38.3 Å². The van der Waals surface area contributed by atoms with Crippen LogP contribution in [0.15, 0.2) is 29.3 Å². The second-order valence-electron chi connectivity index (χ2n) is 7.73. The van der Waals surface area contributed by atoms with Gasteiger partial charge in [-0.2, -0.15) is 0 Å². The Bertz CT molecular complexity index is 677. The van der Waals surface area contributed by atoms with E-state index >= 15 is 0 Å². The van der Waals surface area contributed by atoms with E-state index in [1.807, 2.05) is 24.0 Å². The Labute approximate surface area is 191 Å². The maximum atomic E-state index is 12.6. The quantitative estimate of drug-likeness (QED) is 0.333. The average Bonchev–Trinajstić information content (AvgIpc) is 3.42. The fourth-order valence-corrected chi connectivity index (χ4v) is 4.16. The van der Waals surface area contributed by atoms with E-state index in [-0.39, 0.29) is 35.9 Å². The van der Waals surface area contributed by atoms with Crippen LogP contribution < -0.4 is 10.6 Å². The Morgan fingerprint density at radius 3 is 2.62 bits per heavy atom. The van der Waals surface area contributed by atoms with Gasteiger partial charge >= 0.3 is 0 Å². The number of rotatable bonds is 7. The van der Waals surface area contributed by atoms with Crippen LogP contribution in [-0.2, 0) is 22.7 Å². The van der Waals surface area contributed by atoms with Crippen LogP contribution in [0.5, 0.6) is 0 Å². The van der Waals surface area contributed by atoms with Gasteiger partial charge in [-0.05, 0) is 37.3 Å². The normalized spacial score (nSPS) is 19.9. The highest BCUT2D eigenvalue weighted by Crippen LogP contribution is 2.27. The third-order valence-electron chi connectivity index (χ3n) is 5.80. The molecule has 1 aromatic carbocycles. The van der Waals surface area contributed by atoms with Gasteiger partial charge in [0.1, 0.15) is 0 Å². The predicted octanol–water partition coefficient (Wildman–Crippen LogP) is 3.30. The molecule has 2 N–H and O–H groups in total. The molecule has 3 rings (SSSR count). The maximum Gasteiger partial charge on any atom is 0.225 e. The summed E-state index contributed by atoms with van der Waals surface area (Å²) < 4.78 is 5.57. The average molecular weight is 514 g/mol. The number of guanidine groups is 1. The molecule has 0 radical (unpaired) electrons. The molecule has 162 valence electrons. The van der Waals surface area contributed by atoms with E-state index < -0.39 is 0 Å². The smallest absolute Gasteiger partial charge is 0.225 e. The van der Waals surface area contributed by atoms with Gasteiger partial charge in [-0.25, -0.2) is 0 Å². The van der Waals surface area contributed by atoms with E-state index in [2.05, 4.69) is 27.8 Å². The molecular weight excluding hydrogens is 479 g/mol. The largest absolute Gasteiger partial charge is 0.377 e. The molecule has 1 heterocycles. The highest BCUT2D eigenvalue weighted by Gasteiger charge is 2.32. The molecule has 1 unspecified atom stereocenters. The van der Waals surface area contributed by atoms with Crippen molar-refractivity contribution < 1.29 is 9.53 Å². The van der Waals surface area contributed by atoms with E-state index in [4.69, 9.17) is 4.74 Å². The number of likely N-dealkylation sites (tertiary alicyclic amines) is 1. The number of hydrogen-bond donors (Lipinski definition) is 2. The molecule has 1 saturated heterocycles. The number of nitrogens with zero attached hydrogens (tertiary/aromatic N) is 2. The fraction of sp³-hybridized carbons (Fsp3) is 0.636. The Morgan fingerprint density at radius 1 is 1.21 bits per heavy atom. The maximum absolute atomic E-state index is 12.6. The van der Waals surface area contributed by atoms with Crippen LogP contribution in [0.4, 0.5) is 0 Å². The summed E-state index contributed by atoms with van der Waals surface area (Å²) in [5, 5.41) is 6.90. The van der Waals surface area contributed by atoms with E-state index in [9.17, 15) is 4.79 Å². The third-order valence-corrected chi connectivity index (χ3v) is 5.80. The lowest BCUT2D eigenvalue weighted by molar-refractivity contribution is -0.134. The van der Waals surface area contributed by atoms with Gasteiger partial charge in [0.25, 0.3) is 0 Å². The Balaban J connectivity index is 0.00000300. The standard InChI is InChI=1S/C22H34N4O2.HI/c1-3-28-16-19-11-7-6-10-18(19)14-24-22(23-2)25-20-12-13-26(15-20)21(27)17-8-4-5-9-17;/h6-7,10-11,17,20H,3-5,8-9,12-16H2,1-2H3,(H2,23,24,25);1H. The first-order chi connectivity index (χ1) is 13.7. The van der Waals surface area contributed by atoms with Crippen LogP contribution in [0.2, 0.25) is 0 Å². The molecule has 6 nitrogen and oxygen atoms in total. The summed E-state index contributed by atoms with van der Waals surface area (Å²) >= 11 is 0. The summed E-state index contributed by atoms with van der Waals surface area (Å²) in [6, 6.07) is 8.57. The Hall–Kier alpha value is -1.35. The minimum atomic E-state index is 0. The summed E-state index contributed by atoms with van der Waals surface area (Å²) in [5.74, 6) is 1.40. The second kappa shape index (κ2) is 12.4. The molecule has 1 aliphatic heterocycles. The van der Waals surface area contributed by atoms with Gasteiger partial charge in [0.2, 0.25) is 5.91 Å². The number of carbonyl (C=O) groups is 1. The molecule has 0 aromatic heterocycles. The first kappa shape index (κ1) is 23.9. The molecule has 2 fully saturated rings. The van der Waals surface area contributed by atoms with Crippen molar-refractivity contribution in [2.75, 3.05) is 26.7 Å². The molecule has 1 aromatic rings. The van der Waals surface area contributed by atoms with E-state index in [0.29, 0.717) is 25.7 Å². The van der Waals surface area contributed by atoms with Gasteiger partial charge in [-0.15, -0.1) is 24.0 Å². The monoisotopic (exact) mass is 514 g/mol. The molecule has 0 bridgehead atoms. The Morgan fingerprint density at radius 2 is 1.93 bits per heavy atom. The molecule has 1 aliphatic carbocycles. The molecule has 7 heteroatoms. The molecule has 0 spiro atoms. The number of benzene rings is 1. The van der Waals surface area contributed by atoms with Gasteiger partial charge in [0.05, 0.1) is 6.61 Å². The SMILES string of the molecule is CCOCc1ccccc1CNC(=NC)NC1CCN(C(=O)C2CCCC2)C1.I. The molecule has 1 atom stereocenters. The minimum Gasteiger partial charge on any atom is -0.377 e. The van der Waals surface area contributed by atoms with Gasteiger partial charge in [-0.1, -0.05) is 37.1 Å². The van der Waals surface area contributed by atoms with Crippen molar-refractivity contribution in [3.8, 4) is 0 Å². The zero-order valence-corrected chi connectivity index (χ0v) is 20.0. The number of halogens is 1. The highest BCUT2D eigenvalue weighted by atomic mass is 127. The van der Waals surface area contributed by atoms with Crippen molar-refractivity contribution in [1.82, 2.24) is 15.5 Å². The van der Waals surface area contributed by atoms with Gasteiger partial charge in [0.15, 0.2) is 5.96 Å². The van der Waals surface area contributed by atoms with Crippen LogP contribution in [-0.4, -0.2) is 49.6 Å². The zero-order chi connectivity index (χ0) is 19.8. The topological polar surface area (TPSA) is 66.0 Å².